The topological polar surface area (TPSA) is 87.2 Å². The molecule has 2 heterocycles. The minimum absolute atomic E-state index is 0.0646. The highest BCUT2D eigenvalue weighted by Crippen LogP contribution is 2.33. The average molecular weight is 330 g/mol. The van der Waals surface area contributed by atoms with E-state index in [0.717, 1.165) is 32.1 Å². The number of thioether (sulfide) groups is 1. The monoisotopic (exact) mass is 330 g/mol. The zero-order valence-electron chi connectivity index (χ0n) is 13.0. The van der Waals surface area contributed by atoms with Gasteiger partial charge in [0.25, 0.3) is 5.78 Å². The van der Waals surface area contributed by atoms with Gasteiger partial charge in [-0.3, -0.25) is 4.79 Å². The quantitative estimate of drug-likeness (QED) is 0.796. The zero-order chi connectivity index (χ0) is 16.3. The number of aromatic nitrogens is 4. The second kappa shape index (κ2) is 6.54. The molecular formula is C15H18N6OS. The van der Waals surface area contributed by atoms with E-state index < -0.39 is 5.54 Å². The van der Waals surface area contributed by atoms with Crippen LogP contribution >= 0.6 is 11.8 Å². The fourth-order valence-corrected chi connectivity index (χ4v) is 3.63. The van der Waals surface area contributed by atoms with Crippen molar-refractivity contribution in [1.82, 2.24) is 24.5 Å². The first-order chi connectivity index (χ1) is 11.1. The van der Waals surface area contributed by atoms with Gasteiger partial charge in [-0.25, -0.2) is 9.50 Å². The van der Waals surface area contributed by atoms with E-state index in [4.69, 9.17) is 0 Å². The number of hydrogen-bond donors (Lipinski definition) is 0. The third kappa shape index (κ3) is 3.15. The van der Waals surface area contributed by atoms with Crippen LogP contribution in [0.3, 0.4) is 0 Å². The highest BCUT2D eigenvalue weighted by Gasteiger charge is 2.38. The van der Waals surface area contributed by atoms with Crippen molar-refractivity contribution in [1.29, 1.82) is 5.26 Å². The third-order valence-electron chi connectivity index (χ3n) is 4.33. The molecule has 1 aliphatic carbocycles. The molecule has 120 valence electrons. The van der Waals surface area contributed by atoms with Crippen LogP contribution in [0.1, 0.15) is 32.1 Å². The van der Waals surface area contributed by atoms with Gasteiger partial charge < -0.3 is 4.90 Å². The molecule has 8 heteroatoms. The molecule has 7 nitrogen and oxygen atoms in total. The Bertz CT molecular complexity index is 713. The average Bonchev–Trinajstić information content (AvgIpc) is 3.02. The smallest absolute Gasteiger partial charge is 0.253 e. The number of amides is 1. The SMILES string of the molecule is CN(C(=O)CSc1nc2ncccn2n1)C1(C#N)CCCCC1. The number of fused-ring (bicyclic) bond motifs is 1. The summed E-state index contributed by atoms with van der Waals surface area (Å²) in [5.74, 6) is 0.665. The largest absolute Gasteiger partial charge is 0.326 e. The lowest BCUT2D eigenvalue weighted by Crippen LogP contribution is -2.50. The normalized spacial score (nSPS) is 16.9. The van der Waals surface area contributed by atoms with Gasteiger partial charge in [0.05, 0.1) is 11.8 Å². The summed E-state index contributed by atoms with van der Waals surface area (Å²) >= 11 is 1.27. The van der Waals surface area contributed by atoms with E-state index in [1.165, 1.54) is 11.8 Å². The Morgan fingerprint density at radius 2 is 2.26 bits per heavy atom. The fraction of sp³-hybridized carbons (Fsp3) is 0.533. The van der Waals surface area contributed by atoms with Gasteiger partial charge in [-0.2, -0.15) is 10.2 Å². The van der Waals surface area contributed by atoms with Gasteiger partial charge in [-0.1, -0.05) is 31.0 Å². The molecule has 1 aliphatic rings. The molecule has 2 aromatic heterocycles. The highest BCUT2D eigenvalue weighted by atomic mass is 32.2. The van der Waals surface area contributed by atoms with Crippen LogP contribution in [0.25, 0.3) is 5.78 Å². The minimum atomic E-state index is -0.649. The van der Waals surface area contributed by atoms with Crippen LogP contribution in [-0.2, 0) is 4.79 Å². The fourth-order valence-electron chi connectivity index (χ4n) is 2.90. The number of hydrogen-bond acceptors (Lipinski definition) is 6. The second-order valence-electron chi connectivity index (χ2n) is 5.70. The van der Waals surface area contributed by atoms with E-state index in [2.05, 4.69) is 21.1 Å². The minimum Gasteiger partial charge on any atom is -0.326 e. The van der Waals surface area contributed by atoms with Crippen molar-refractivity contribution in [3.63, 3.8) is 0 Å². The van der Waals surface area contributed by atoms with E-state index >= 15 is 0 Å². The van der Waals surface area contributed by atoms with Crippen LogP contribution < -0.4 is 0 Å². The van der Waals surface area contributed by atoms with Crippen molar-refractivity contribution in [2.24, 2.45) is 0 Å². The summed E-state index contributed by atoms with van der Waals surface area (Å²) in [6.45, 7) is 0. The first-order valence-corrected chi connectivity index (χ1v) is 8.61. The van der Waals surface area contributed by atoms with Crippen molar-refractivity contribution < 1.29 is 4.79 Å². The lowest BCUT2D eigenvalue weighted by Gasteiger charge is -2.38. The molecule has 0 radical (unpaired) electrons. The lowest BCUT2D eigenvalue weighted by molar-refractivity contribution is -0.131. The van der Waals surface area contributed by atoms with Crippen molar-refractivity contribution in [3.8, 4) is 6.07 Å². The standard InChI is InChI=1S/C15H18N6OS/c1-20(15(11-16)6-3-2-4-7-15)12(22)10-23-14-18-13-17-8-5-9-21(13)19-14/h5,8-9H,2-4,6-7,10H2,1H3. The van der Waals surface area contributed by atoms with Gasteiger partial charge >= 0.3 is 0 Å². The maximum atomic E-state index is 12.5. The van der Waals surface area contributed by atoms with E-state index in [9.17, 15) is 10.1 Å². The molecule has 0 spiro atoms. The van der Waals surface area contributed by atoms with Crippen LogP contribution in [-0.4, -0.2) is 48.7 Å². The van der Waals surface area contributed by atoms with Gasteiger partial charge in [0.2, 0.25) is 11.1 Å². The van der Waals surface area contributed by atoms with Crippen molar-refractivity contribution in [3.05, 3.63) is 18.5 Å². The highest BCUT2D eigenvalue weighted by molar-refractivity contribution is 7.99. The summed E-state index contributed by atoms with van der Waals surface area (Å²) < 4.78 is 1.58. The molecule has 23 heavy (non-hydrogen) atoms. The molecule has 0 bridgehead atoms. The number of nitriles is 1. The van der Waals surface area contributed by atoms with Crippen molar-refractivity contribution in [2.75, 3.05) is 12.8 Å². The van der Waals surface area contributed by atoms with Crippen LogP contribution in [0, 0.1) is 11.3 Å². The molecule has 3 rings (SSSR count). The summed E-state index contributed by atoms with van der Waals surface area (Å²) in [6.07, 6.45) is 8.06. The molecule has 0 unspecified atom stereocenters. The molecule has 0 atom stereocenters. The molecule has 1 amide bonds. The first-order valence-electron chi connectivity index (χ1n) is 7.63. The van der Waals surface area contributed by atoms with Gasteiger partial charge in [0, 0.05) is 19.4 Å². The summed E-state index contributed by atoms with van der Waals surface area (Å²) in [7, 11) is 1.73. The molecular weight excluding hydrogens is 312 g/mol. The van der Waals surface area contributed by atoms with E-state index in [0.29, 0.717) is 10.9 Å². The van der Waals surface area contributed by atoms with E-state index in [1.54, 1.807) is 34.9 Å². The van der Waals surface area contributed by atoms with Crippen LogP contribution in [0.4, 0.5) is 0 Å². The lowest BCUT2D eigenvalue weighted by atomic mass is 9.81. The van der Waals surface area contributed by atoms with Gasteiger partial charge in [0.15, 0.2) is 0 Å². The first kappa shape index (κ1) is 15.7. The summed E-state index contributed by atoms with van der Waals surface area (Å²) in [5, 5.41) is 14.3. The molecule has 0 saturated heterocycles. The van der Waals surface area contributed by atoms with E-state index in [1.807, 2.05) is 0 Å². The molecule has 0 aliphatic heterocycles. The third-order valence-corrected chi connectivity index (χ3v) is 5.15. The number of rotatable bonds is 4. The Morgan fingerprint density at radius 3 is 2.96 bits per heavy atom. The van der Waals surface area contributed by atoms with Crippen molar-refractivity contribution in [2.45, 2.75) is 42.8 Å². The van der Waals surface area contributed by atoms with Gasteiger partial charge in [-0.15, -0.1) is 5.10 Å². The summed E-state index contributed by atoms with van der Waals surface area (Å²) in [6, 6.07) is 4.14. The molecule has 0 aromatic carbocycles. The predicted octanol–water partition coefficient (Wildman–Crippen LogP) is 1.90. The zero-order valence-corrected chi connectivity index (χ0v) is 13.8. The number of carbonyl (C=O) groups excluding carboxylic acids is 1. The molecule has 1 saturated carbocycles. The van der Waals surface area contributed by atoms with Gasteiger partial charge in [0.1, 0.15) is 5.54 Å². The summed E-state index contributed by atoms with van der Waals surface area (Å²) in [5.41, 5.74) is -0.649. The number of carbonyl (C=O) groups is 1. The number of nitrogens with zero attached hydrogens (tertiary/aromatic N) is 6. The molecule has 2 aromatic rings. The second-order valence-corrected chi connectivity index (χ2v) is 6.65. The van der Waals surface area contributed by atoms with E-state index in [-0.39, 0.29) is 11.7 Å². The van der Waals surface area contributed by atoms with Gasteiger partial charge in [-0.05, 0) is 18.9 Å². The predicted molar refractivity (Wildman–Crippen MR) is 85.7 cm³/mol. The summed E-state index contributed by atoms with van der Waals surface area (Å²) in [4.78, 5) is 22.5. The Hall–Kier alpha value is -2.14. The Balaban J connectivity index is 1.65. The Morgan fingerprint density at radius 1 is 1.48 bits per heavy atom. The molecule has 1 fully saturated rings. The Kier molecular flexibility index (Phi) is 4.48. The van der Waals surface area contributed by atoms with Crippen LogP contribution in [0.15, 0.2) is 23.6 Å². The Labute approximate surface area is 138 Å². The molecule has 0 N–H and O–H groups in total. The van der Waals surface area contributed by atoms with Crippen LogP contribution in [0.5, 0.6) is 0 Å². The maximum Gasteiger partial charge on any atom is 0.253 e. The van der Waals surface area contributed by atoms with Crippen molar-refractivity contribution >= 4 is 23.4 Å². The van der Waals surface area contributed by atoms with Crippen LogP contribution in [0.2, 0.25) is 0 Å². The maximum absolute atomic E-state index is 12.5.